The quantitative estimate of drug-likeness (QED) is 0.929. The molecule has 1 N–H and O–H groups in total. The molecule has 1 heterocycles. The molecule has 0 aliphatic carbocycles. The van der Waals surface area contributed by atoms with Gasteiger partial charge >= 0.3 is 6.09 Å². The molecule has 1 atom stereocenters. The van der Waals surface area contributed by atoms with Crippen molar-refractivity contribution >= 4 is 6.09 Å². The van der Waals surface area contributed by atoms with Crippen molar-refractivity contribution in [3.05, 3.63) is 35.9 Å². The van der Waals surface area contributed by atoms with Gasteiger partial charge in [0.15, 0.2) is 0 Å². The fourth-order valence-electron chi connectivity index (χ4n) is 2.62. The van der Waals surface area contributed by atoms with E-state index in [1.54, 1.807) is 4.90 Å². The van der Waals surface area contributed by atoms with E-state index in [1.165, 1.54) is 5.56 Å². The van der Waals surface area contributed by atoms with Crippen molar-refractivity contribution in [1.82, 2.24) is 9.80 Å². The SMILES string of the molecule is CC(C)(C)OC(=O)N1CCN(Cc2ccccc2)C[C@@H]1CO. The standard InChI is InChI=1S/C17H26N2O3/c1-17(2,3)22-16(21)19-10-9-18(12-15(19)13-20)11-14-7-5-4-6-8-14/h4-8,15,20H,9-13H2,1-3H3/t15-/m1/s1. The Morgan fingerprint density at radius 2 is 1.95 bits per heavy atom. The summed E-state index contributed by atoms with van der Waals surface area (Å²) < 4.78 is 5.42. The van der Waals surface area contributed by atoms with Crippen LogP contribution in [0.5, 0.6) is 0 Å². The minimum Gasteiger partial charge on any atom is -0.444 e. The highest BCUT2D eigenvalue weighted by Gasteiger charge is 2.32. The van der Waals surface area contributed by atoms with Gasteiger partial charge in [-0.1, -0.05) is 30.3 Å². The summed E-state index contributed by atoms with van der Waals surface area (Å²) in [6.45, 7) is 8.35. The van der Waals surface area contributed by atoms with Gasteiger partial charge in [-0.25, -0.2) is 4.79 Å². The molecule has 2 rings (SSSR count). The molecule has 0 radical (unpaired) electrons. The molecule has 0 spiro atoms. The number of nitrogens with zero attached hydrogens (tertiary/aromatic N) is 2. The molecule has 0 saturated carbocycles. The van der Waals surface area contributed by atoms with Crippen molar-refractivity contribution in [1.29, 1.82) is 0 Å². The van der Waals surface area contributed by atoms with Gasteiger partial charge in [-0.15, -0.1) is 0 Å². The van der Waals surface area contributed by atoms with Crippen LogP contribution in [-0.2, 0) is 11.3 Å². The predicted molar refractivity (Wildman–Crippen MR) is 85.5 cm³/mol. The maximum atomic E-state index is 12.2. The molecule has 1 aliphatic heterocycles. The highest BCUT2D eigenvalue weighted by molar-refractivity contribution is 5.68. The molecular weight excluding hydrogens is 280 g/mol. The van der Waals surface area contributed by atoms with E-state index in [-0.39, 0.29) is 18.7 Å². The fourth-order valence-corrected chi connectivity index (χ4v) is 2.62. The molecule has 1 aromatic rings. The molecular formula is C17H26N2O3. The third-order valence-electron chi connectivity index (χ3n) is 3.65. The Morgan fingerprint density at radius 3 is 2.55 bits per heavy atom. The third-order valence-corrected chi connectivity index (χ3v) is 3.65. The molecule has 5 heteroatoms. The summed E-state index contributed by atoms with van der Waals surface area (Å²) in [7, 11) is 0. The van der Waals surface area contributed by atoms with Gasteiger partial charge in [0.25, 0.3) is 0 Å². The van der Waals surface area contributed by atoms with Crippen molar-refractivity contribution in [2.24, 2.45) is 0 Å². The summed E-state index contributed by atoms with van der Waals surface area (Å²) >= 11 is 0. The molecule has 0 bridgehead atoms. The number of aliphatic hydroxyl groups is 1. The first-order valence-corrected chi connectivity index (χ1v) is 7.76. The van der Waals surface area contributed by atoms with Crippen LogP contribution in [0.3, 0.4) is 0 Å². The molecule has 122 valence electrons. The van der Waals surface area contributed by atoms with E-state index in [9.17, 15) is 9.90 Å². The maximum Gasteiger partial charge on any atom is 0.410 e. The summed E-state index contributed by atoms with van der Waals surface area (Å²) in [4.78, 5) is 16.1. The average molecular weight is 306 g/mol. The van der Waals surface area contributed by atoms with Gasteiger partial charge in [-0.3, -0.25) is 4.90 Å². The van der Waals surface area contributed by atoms with E-state index >= 15 is 0 Å². The van der Waals surface area contributed by atoms with Crippen molar-refractivity contribution in [2.75, 3.05) is 26.2 Å². The Bertz CT molecular complexity index is 484. The number of piperazine rings is 1. The van der Waals surface area contributed by atoms with Crippen LogP contribution in [0.4, 0.5) is 4.79 Å². The van der Waals surface area contributed by atoms with Crippen LogP contribution in [0.25, 0.3) is 0 Å². The van der Waals surface area contributed by atoms with Crippen molar-refractivity contribution in [2.45, 2.75) is 39.0 Å². The Kier molecular flexibility index (Phi) is 5.42. The molecule has 5 nitrogen and oxygen atoms in total. The monoisotopic (exact) mass is 306 g/mol. The van der Waals surface area contributed by atoms with Crippen molar-refractivity contribution < 1.29 is 14.6 Å². The number of carbonyl (C=O) groups excluding carboxylic acids is 1. The zero-order chi connectivity index (χ0) is 16.2. The lowest BCUT2D eigenvalue weighted by Gasteiger charge is -2.41. The summed E-state index contributed by atoms with van der Waals surface area (Å²) in [5.41, 5.74) is 0.725. The average Bonchev–Trinajstić information content (AvgIpc) is 2.46. The maximum absolute atomic E-state index is 12.2. The van der Waals surface area contributed by atoms with Gasteiger partial charge in [0, 0.05) is 26.2 Å². The van der Waals surface area contributed by atoms with Crippen LogP contribution in [0.15, 0.2) is 30.3 Å². The second kappa shape index (κ2) is 7.11. The number of hydrogen-bond acceptors (Lipinski definition) is 4. The van der Waals surface area contributed by atoms with Crippen molar-refractivity contribution in [3.8, 4) is 0 Å². The van der Waals surface area contributed by atoms with Gasteiger partial charge in [0.05, 0.1) is 12.6 Å². The predicted octanol–water partition coefficient (Wildman–Crippen LogP) is 2.10. The molecule has 1 amide bonds. The van der Waals surface area contributed by atoms with E-state index < -0.39 is 5.60 Å². The van der Waals surface area contributed by atoms with E-state index in [0.717, 1.165) is 13.1 Å². The lowest BCUT2D eigenvalue weighted by atomic mass is 10.1. The Morgan fingerprint density at radius 1 is 1.27 bits per heavy atom. The number of hydrogen-bond donors (Lipinski definition) is 1. The highest BCUT2D eigenvalue weighted by Crippen LogP contribution is 2.17. The first-order valence-electron chi connectivity index (χ1n) is 7.76. The molecule has 1 saturated heterocycles. The second-order valence-electron chi connectivity index (χ2n) is 6.73. The van der Waals surface area contributed by atoms with E-state index in [0.29, 0.717) is 13.1 Å². The van der Waals surface area contributed by atoms with Crippen molar-refractivity contribution in [3.63, 3.8) is 0 Å². The van der Waals surface area contributed by atoms with Crippen LogP contribution in [0.2, 0.25) is 0 Å². The van der Waals surface area contributed by atoms with E-state index in [1.807, 2.05) is 39.0 Å². The normalized spacial score (nSPS) is 20.0. The summed E-state index contributed by atoms with van der Waals surface area (Å²) in [6.07, 6.45) is -0.342. The summed E-state index contributed by atoms with van der Waals surface area (Å²) in [5.74, 6) is 0. The second-order valence-corrected chi connectivity index (χ2v) is 6.73. The van der Waals surface area contributed by atoms with Crippen LogP contribution >= 0.6 is 0 Å². The number of ether oxygens (including phenoxy) is 1. The van der Waals surface area contributed by atoms with Crippen LogP contribution in [0, 0.1) is 0 Å². The topological polar surface area (TPSA) is 53.0 Å². The van der Waals surface area contributed by atoms with Gasteiger partial charge < -0.3 is 14.7 Å². The fraction of sp³-hybridized carbons (Fsp3) is 0.588. The van der Waals surface area contributed by atoms with Gasteiger partial charge in [0.1, 0.15) is 5.60 Å². The molecule has 1 aliphatic rings. The molecule has 1 fully saturated rings. The zero-order valence-electron chi connectivity index (χ0n) is 13.7. The number of aliphatic hydroxyl groups excluding tert-OH is 1. The van der Waals surface area contributed by atoms with Crippen LogP contribution in [0.1, 0.15) is 26.3 Å². The number of amides is 1. The number of rotatable bonds is 3. The minimum absolute atomic E-state index is 0.0511. The first-order chi connectivity index (χ1) is 10.4. The van der Waals surface area contributed by atoms with E-state index in [2.05, 4.69) is 17.0 Å². The smallest absolute Gasteiger partial charge is 0.410 e. The largest absolute Gasteiger partial charge is 0.444 e. The lowest BCUT2D eigenvalue weighted by Crippen LogP contribution is -2.57. The molecule has 22 heavy (non-hydrogen) atoms. The third kappa shape index (κ3) is 4.71. The van der Waals surface area contributed by atoms with Gasteiger partial charge in [0.2, 0.25) is 0 Å². The van der Waals surface area contributed by atoms with Gasteiger partial charge in [-0.05, 0) is 26.3 Å². The van der Waals surface area contributed by atoms with Crippen LogP contribution < -0.4 is 0 Å². The summed E-state index contributed by atoms with van der Waals surface area (Å²) in [5, 5.41) is 9.62. The zero-order valence-corrected chi connectivity index (χ0v) is 13.7. The molecule has 0 aromatic heterocycles. The van der Waals surface area contributed by atoms with Gasteiger partial charge in [-0.2, -0.15) is 0 Å². The number of benzene rings is 1. The highest BCUT2D eigenvalue weighted by atomic mass is 16.6. The Hall–Kier alpha value is -1.59. The summed E-state index contributed by atoms with van der Waals surface area (Å²) in [6, 6.07) is 10.0. The molecule has 0 unspecified atom stereocenters. The number of carbonyl (C=O) groups is 1. The Labute approximate surface area is 132 Å². The van der Waals surface area contributed by atoms with E-state index in [4.69, 9.17) is 4.74 Å². The first kappa shape index (κ1) is 16.8. The lowest BCUT2D eigenvalue weighted by molar-refractivity contribution is -0.0126. The minimum atomic E-state index is -0.516. The van der Waals surface area contributed by atoms with Crippen LogP contribution in [-0.4, -0.2) is 58.9 Å². The molecule has 1 aromatic carbocycles. The Balaban J connectivity index is 1.95.